The smallest absolute Gasteiger partial charge is 0.262 e. The van der Waals surface area contributed by atoms with Crippen molar-refractivity contribution in [3.8, 4) is 0 Å². The topological polar surface area (TPSA) is 49.4 Å². The molecule has 0 spiro atoms. The van der Waals surface area contributed by atoms with Gasteiger partial charge in [-0.1, -0.05) is 41.9 Å². The summed E-state index contributed by atoms with van der Waals surface area (Å²) >= 11 is 5.99. The summed E-state index contributed by atoms with van der Waals surface area (Å²) in [7, 11) is 0. The lowest BCUT2D eigenvalue weighted by molar-refractivity contribution is 0.0492. The lowest BCUT2D eigenvalue weighted by atomic mass is 9.89. The summed E-state index contributed by atoms with van der Waals surface area (Å²) in [6.45, 7) is 0.802. The van der Waals surface area contributed by atoms with Crippen LogP contribution in [-0.2, 0) is 6.42 Å². The van der Waals surface area contributed by atoms with E-state index in [0.29, 0.717) is 22.1 Å². The summed E-state index contributed by atoms with van der Waals surface area (Å²) in [6.07, 6.45) is 2.52. The second kappa shape index (κ2) is 6.62. The van der Waals surface area contributed by atoms with Gasteiger partial charge in [-0.15, -0.1) is 0 Å². The highest BCUT2D eigenvalue weighted by atomic mass is 35.5. The third kappa shape index (κ3) is 3.08. The highest BCUT2D eigenvalue weighted by Crippen LogP contribution is 2.30. The minimum absolute atomic E-state index is 0.227. The Labute approximate surface area is 151 Å². The van der Waals surface area contributed by atoms with Crippen molar-refractivity contribution in [3.63, 3.8) is 0 Å². The second-order valence-corrected chi connectivity index (χ2v) is 7.16. The predicted molar refractivity (Wildman–Crippen MR) is 96.6 cm³/mol. The number of carbonyl (C=O) groups is 2. The van der Waals surface area contributed by atoms with E-state index in [2.05, 4.69) is 17.4 Å². The van der Waals surface area contributed by atoms with Crippen molar-refractivity contribution in [2.45, 2.75) is 25.4 Å². The number of carbonyl (C=O) groups excluding carboxylic acids is 2. The molecule has 1 saturated heterocycles. The molecule has 2 aliphatic heterocycles. The Morgan fingerprint density at radius 3 is 2.60 bits per heavy atom. The molecule has 0 radical (unpaired) electrons. The third-order valence-electron chi connectivity index (χ3n) is 5.05. The van der Waals surface area contributed by atoms with Gasteiger partial charge >= 0.3 is 0 Å². The number of nitrogens with zero attached hydrogens (tertiary/aromatic N) is 1. The van der Waals surface area contributed by atoms with E-state index in [4.69, 9.17) is 11.6 Å². The van der Waals surface area contributed by atoms with Crippen LogP contribution in [0.5, 0.6) is 0 Å². The number of amides is 2. The minimum atomic E-state index is -0.256. The second-order valence-electron chi connectivity index (χ2n) is 6.72. The molecule has 0 bridgehead atoms. The van der Waals surface area contributed by atoms with Crippen molar-refractivity contribution in [3.05, 3.63) is 70.2 Å². The van der Waals surface area contributed by atoms with Crippen LogP contribution in [0, 0.1) is 5.92 Å². The first-order chi connectivity index (χ1) is 12.1. The Bertz CT molecular complexity index is 822. The van der Waals surface area contributed by atoms with E-state index in [9.17, 15) is 9.59 Å². The molecular formula is C20H19ClN2O2. The Kier molecular flexibility index (Phi) is 4.32. The average Bonchev–Trinajstić information content (AvgIpc) is 2.86. The summed E-state index contributed by atoms with van der Waals surface area (Å²) in [4.78, 5) is 26.8. The van der Waals surface area contributed by atoms with Crippen LogP contribution in [0.25, 0.3) is 0 Å². The van der Waals surface area contributed by atoms with Crippen molar-refractivity contribution >= 4 is 23.4 Å². The predicted octanol–water partition coefficient (Wildman–Crippen LogP) is 3.50. The van der Waals surface area contributed by atoms with Gasteiger partial charge in [0.25, 0.3) is 11.8 Å². The molecule has 1 N–H and O–H groups in total. The molecule has 4 nitrogen and oxygen atoms in total. The van der Waals surface area contributed by atoms with Crippen molar-refractivity contribution in [1.82, 2.24) is 10.2 Å². The number of nitrogens with one attached hydrogen (secondary N) is 1. The molecule has 2 amide bonds. The fraction of sp³-hybridized carbons (Fsp3) is 0.300. The van der Waals surface area contributed by atoms with Gasteiger partial charge in [0.15, 0.2) is 0 Å². The molecule has 2 heterocycles. The SMILES string of the molecule is O=C1c2ccc(Cl)cc2C(=O)N1C1CC(Cc2ccccc2)CCN1. The molecule has 2 atom stereocenters. The summed E-state index contributed by atoms with van der Waals surface area (Å²) < 4.78 is 0. The van der Waals surface area contributed by atoms with Crippen molar-refractivity contribution in [1.29, 1.82) is 0 Å². The van der Waals surface area contributed by atoms with Crippen molar-refractivity contribution < 1.29 is 9.59 Å². The molecule has 4 rings (SSSR count). The highest BCUT2D eigenvalue weighted by molar-refractivity contribution is 6.32. The molecule has 2 unspecified atom stereocenters. The molecule has 2 aliphatic rings. The quantitative estimate of drug-likeness (QED) is 0.858. The normalized spacial score (nSPS) is 23.0. The number of imide groups is 1. The van der Waals surface area contributed by atoms with Gasteiger partial charge in [-0.3, -0.25) is 19.8 Å². The van der Waals surface area contributed by atoms with Gasteiger partial charge in [0.2, 0.25) is 0 Å². The molecule has 2 aromatic carbocycles. The van der Waals surface area contributed by atoms with E-state index in [0.717, 1.165) is 25.8 Å². The number of fused-ring (bicyclic) bond motifs is 1. The van der Waals surface area contributed by atoms with Crippen LogP contribution >= 0.6 is 11.6 Å². The highest BCUT2D eigenvalue weighted by Gasteiger charge is 2.41. The fourth-order valence-electron chi connectivity index (χ4n) is 3.82. The van der Waals surface area contributed by atoms with E-state index >= 15 is 0 Å². The lowest BCUT2D eigenvalue weighted by Gasteiger charge is -2.35. The molecular weight excluding hydrogens is 336 g/mol. The van der Waals surface area contributed by atoms with Crippen LogP contribution in [0.15, 0.2) is 48.5 Å². The fourth-order valence-corrected chi connectivity index (χ4v) is 3.99. The first-order valence-electron chi connectivity index (χ1n) is 8.58. The van der Waals surface area contributed by atoms with Gasteiger partial charge in [0.05, 0.1) is 17.3 Å². The minimum Gasteiger partial charge on any atom is -0.297 e. The van der Waals surface area contributed by atoms with Crippen molar-refractivity contribution in [2.24, 2.45) is 5.92 Å². The van der Waals surface area contributed by atoms with E-state index in [1.165, 1.54) is 10.5 Å². The molecule has 25 heavy (non-hydrogen) atoms. The number of piperidine rings is 1. The number of hydrogen-bond acceptors (Lipinski definition) is 3. The van der Waals surface area contributed by atoms with Crippen LogP contribution in [-0.4, -0.2) is 29.4 Å². The van der Waals surface area contributed by atoms with Gasteiger partial charge in [-0.2, -0.15) is 0 Å². The Balaban J connectivity index is 1.52. The van der Waals surface area contributed by atoms with E-state index < -0.39 is 0 Å². The maximum Gasteiger partial charge on any atom is 0.262 e. The lowest BCUT2D eigenvalue weighted by Crippen LogP contribution is -2.52. The monoisotopic (exact) mass is 354 g/mol. The Hall–Kier alpha value is -2.17. The molecule has 128 valence electrons. The Morgan fingerprint density at radius 2 is 1.80 bits per heavy atom. The van der Waals surface area contributed by atoms with Crippen molar-refractivity contribution in [2.75, 3.05) is 6.54 Å². The zero-order chi connectivity index (χ0) is 17.4. The van der Waals surface area contributed by atoms with Crippen LogP contribution < -0.4 is 5.32 Å². The number of benzene rings is 2. The van der Waals surface area contributed by atoms with Crippen LogP contribution in [0.2, 0.25) is 5.02 Å². The van der Waals surface area contributed by atoms with Gasteiger partial charge in [-0.05, 0) is 55.5 Å². The van der Waals surface area contributed by atoms with E-state index in [1.807, 2.05) is 18.2 Å². The third-order valence-corrected chi connectivity index (χ3v) is 5.28. The molecule has 0 aliphatic carbocycles. The molecule has 1 fully saturated rings. The van der Waals surface area contributed by atoms with Crippen LogP contribution in [0.3, 0.4) is 0 Å². The zero-order valence-corrected chi connectivity index (χ0v) is 14.5. The maximum absolute atomic E-state index is 12.7. The van der Waals surface area contributed by atoms with E-state index in [-0.39, 0.29) is 18.0 Å². The van der Waals surface area contributed by atoms with Gasteiger partial charge < -0.3 is 0 Å². The van der Waals surface area contributed by atoms with Gasteiger partial charge in [-0.25, -0.2) is 0 Å². The number of halogens is 1. The van der Waals surface area contributed by atoms with Gasteiger partial charge in [0, 0.05) is 5.02 Å². The largest absolute Gasteiger partial charge is 0.297 e. The van der Waals surface area contributed by atoms with Gasteiger partial charge in [0.1, 0.15) is 0 Å². The zero-order valence-electron chi connectivity index (χ0n) is 13.7. The summed E-state index contributed by atoms with van der Waals surface area (Å²) in [6, 6.07) is 15.2. The Morgan fingerprint density at radius 1 is 1.04 bits per heavy atom. The van der Waals surface area contributed by atoms with Crippen LogP contribution in [0.4, 0.5) is 0 Å². The summed E-state index contributed by atoms with van der Waals surface area (Å²) in [5.41, 5.74) is 2.15. The standard InChI is InChI=1S/C20H19ClN2O2/c21-15-6-7-16-17(12-15)20(25)23(19(16)24)18-11-14(8-9-22-18)10-13-4-2-1-3-5-13/h1-7,12,14,18,22H,8-11H2. The molecule has 2 aromatic rings. The number of rotatable bonds is 3. The molecule has 5 heteroatoms. The van der Waals surface area contributed by atoms with E-state index in [1.54, 1.807) is 18.2 Å². The average molecular weight is 355 g/mol. The number of hydrogen-bond donors (Lipinski definition) is 1. The first kappa shape index (κ1) is 16.3. The summed E-state index contributed by atoms with van der Waals surface area (Å²) in [5, 5.41) is 3.81. The first-order valence-corrected chi connectivity index (χ1v) is 8.96. The molecule has 0 saturated carbocycles. The van der Waals surface area contributed by atoms with Crippen LogP contribution in [0.1, 0.15) is 39.1 Å². The molecule has 0 aromatic heterocycles. The summed E-state index contributed by atoms with van der Waals surface area (Å²) in [5.74, 6) is -0.0311. The maximum atomic E-state index is 12.7.